The zero-order chi connectivity index (χ0) is 21.5. The average Bonchev–Trinajstić information content (AvgIpc) is 3.46. The molecule has 3 aromatic rings. The van der Waals surface area contributed by atoms with E-state index < -0.39 is 0 Å². The van der Waals surface area contributed by atoms with Crippen molar-refractivity contribution in [2.24, 2.45) is 0 Å². The van der Waals surface area contributed by atoms with E-state index in [1.54, 1.807) is 0 Å². The molecule has 7 nitrogen and oxygen atoms in total. The van der Waals surface area contributed by atoms with Gasteiger partial charge in [-0.1, -0.05) is 6.07 Å². The molecule has 2 saturated heterocycles. The number of aliphatic hydroxyl groups excluding tert-OH is 1. The highest BCUT2D eigenvalue weighted by molar-refractivity contribution is 5.51. The van der Waals surface area contributed by atoms with Gasteiger partial charge in [-0.2, -0.15) is 0 Å². The number of hydrogen-bond acceptors (Lipinski definition) is 6. The monoisotopic (exact) mass is 432 g/mol. The zero-order valence-electron chi connectivity index (χ0n) is 18.7. The Morgan fingerprint density at radius 1 is 1.03 bits per heavy atom. The lowest BCUT2D eigenvalue weighted by atomic mass is 9.83. The number of aromatic nitrogens is 4. The van der Waals surface area contributed by atoms with E-state index in [0.29, 0.717) is 12.0 Å². The summed E-state index contributed by atoms with van der Waals surface area (Å²) in [6, 6.07) is 6.86. The molecule has 3 aromatic heterocycles. The highest BCUT2D eigenvalue weighted by atomic mass is 16.3. The first-order valence-electron chi connectivity index (χ1n) is 12.2. The first kappa shape index (κ1) is 20.1. The van der Waals surface area contributed by atoms with Crippen molar-refractivity contribution in [2.45, 2.75) is 63.5 Å². The molecule has 0 unspecified atom stereocenters. The molecule has 0 saturated carbocycles. The van der Waals surface area contributed by atoms with E-state index in [-0.39, 0.29) is 6.61 Å². The van der Waals surface area contributed by atoms with E-state index in [9.17, 15) is 5.11 Å². The Morgan fingerprint density at radius 2 is 2.00 bits per heavy atom. The van der Waals surface area contributed by atoms with Crippen molar-refractivity contribution >= 4 is 11.6 Å². The molecule has 0 amide bonds. The van der Waals surface area contributed by atoms with Crippen molar-refractivity contribution in [1.82, 2.24) is 24.3 Å². The van der Waals surface area contributed by atoms with E-state index in [1.807, 2.05) is 24.5 Å². The first-order valence-corrected chi connectivity index (χ1v) is 12.2. The number of rotatable bonds is 5. The fourth-order valence-electron chi connectivity index (χ4n) is 6.14. The van der Waals surface area contributed by atoms with Crippen LogP contribution in [0.15, 0.2) is 30.6 Å². The summed E-state index contributed by atoms with van der Waals surface area (Å²) in [5, 5.41) is 10.3. The van der Waals surface area contributed by atoms with Gasteiger partial charge in [0.2, 0.25) is 5.95 Å². The van der Waals surface area contributed by atoms with Gasteiger partial charge in [-0.3, -0.25) is 14.3 Å². The quantitative estimate of drug-likeness (QED) is 0.669. The molecular formula is C25H32N6O. The topological polar surface area (TPSA) is 69.8 Å². The van der Waals surface area contributed by atoms with E-state index in [2.05, 4.69) is 20.3 Å². The molecule has 7 heteroatoms. The lowest BCUT2D eigenvalue weighted by Crippen LogP contribution is -2.51. The van der Waals surface area contributed by atoms with Crippen LogP contribution in [0, 0.1) is 0 Å². The number of pyridine rings is 1. The third-order valence-corrected chi connectivity index (χ3v) is 7.76. The molecule has 0 bridgehead atoms. The standard InChI is InChI=1S/C25H32N6O/c32-17-22-21(9-8-19-5-1-4-18-6-2-11-26-24(18)19)28-23-10-12-27-25(31(22)23)30-15-14-29-13-3-7-20(29)16-30/h2,6,10-12,19-20,32H,1,3-5,7-9,13-17H2/t19-,20+/m1/s1. The molecule has 0 aromatic carbocycles. The minimum atomic E-state index is -0.0158. The maximum absolute atomic E-state index is 10.3. The van der Waals surface area contributed by atoms with Gasteiger partial charge in [0.05, 0.1) is 18.0 Å². The number of aryl methyl sites for hydroxylation is 2. The van der Waals surface area contributed by atoms with Crippen LogP contribution >= 0.6 is 0 Å². The minimum Gasteiger partial charge on any atom is -0.390 e. The van der Waals surface area contributed by atoms with Gasteiger partial charge >= 0.3 is 0 Å². The summed E-state index contributed by atoms with van der Waals surface area (Å²) in [6.07, 6.45) is 11.8. The van der Waals surface area contributed by atoms with Crippen LogP contribution < -0.4 is 4.90 Å². The van der Waals surface area contributed by atoms with Crippen LogP contribution in [-0.4, -0.2) is 61.6 Å². The number of aliphatic hydroxyl groups is 1. The van der Waals surface area contributed by atoms with Gasteiger partial charge in [0, 0.05) is 49.7 Å². The number of fused-ring (bicyclic) bond motifs is 3. The van der Waals surface area contributed by atoms with Gasteiger partial charge < -0.3 is 10.0 Å². The lowest BCUT2D eigenvalue weighted by Gasteiger charge is -2.38. The van der Waals surface area contributed by atoms with E-state index in [1.165, 1.54) is 43.5 Å². The van der Waals surface area contributed by atoms with Crippen LogP contribution in [0.1, 0.15) is 60.7 Å². The van der Waals surface area contributed by atoms with Crippen LogP contribution in [0.3, 0.4) is 0 Å². The molecule has 0 radical (unpaired) electrons. The number of nitrogens with zero attached hydrogens (tertiary/aromatic N) is 6. The van der Waals surface area contributed by atoms with Gasteiger partial charge in [-0.25, -0.2) is 9.97 Å². The third kappa shape index (κ3) is 3.48. The summed E-state index contributed by atoms with van der Waals surface area (Å²) in [7, 11) is 0. The third-order valence-electron chi connectivity index (χ3n) is 7.76. The minimum absolute atomic E-state index is 0.0158. The Kier molecular flexibility index (Phi) is 5.31. The Balaban J connectivity index is 1.28. The van der Waals surface area contributed by atoms with Gasteiger partial charge in [-0.15, -0.1) is 0 Å². The van der Waals surface area contributed by atoms with Gasteiger partial charge in [0.25, 0.3) is 0 Å². The van der Waals surface area contributed by atoms with Gasteiger partial charge in [0.1, 0.15) is 5.65 Å². The number of anilines is 1. The molecule has 2 fully saturated rings. The molecule has 1 N–H and O–H groups in total. The summed E-state index contributed by atoms with van der Waals surface area (Å²) in [4.78, 5) is 19.4. The Bertz CT molecular complexity index is 1110. The van der Waals surface area contributed by atoms with Crippen LogP contribution in [0.25, 0.3) is 5.65 Å². The van der Waals surface area contributed by atoms with Crippen molar-refractivity contribution < 1.29 is 5.11 Å². The molecule has 5 heterocycles. The van der Waals surface area contributed by atoms with Crippen molar-refractivity contribution in [3.63, 3.8) is 0 Å². The predicted octanol–water partition coefficient (Wildman–Crippen LogP) is 2.95. The molecule has 3 aliphatic rings. The molecule has 2 atom stereocenters. The molecule has 32 heavy (non-hydrogen) atoms. The molecule has 6 rings (SSSR count). The molecule has 2 aliphatic heterocycles. The van der Waals surface area contributed by atoms with Crippen LogP contribution in [0.4, 0.5) is 5.95 Å². The van der Waals surface area contributed by atoms with Crippen molar-refractivity contribution in [3.8, 4) is 0 Å². The fraction of sp³-hybridized carbons (Fsp3) is 0.560. The number of hydrogen-bond donors (Lipinski definition) is 1. The maximum Gasteiger partial charge on any atom is 0.211 e. The Morgan fingerprint density at radius 3 is 2.94 bits per heavy atom. The number of imidazole rings is 1. The van der Waals surface area contributed by atoms with Gasteiger partial charge in [-0.05, 0) is 69.2 Å². The van der Waals surface area contributed by atoms with Crippen LogP contribution in [-0.2, 0) is 19.4 Å². The van der Waals surface area contributed by atoms with E-state index >= 15 is 0 Å². The van der Waals surface area contributed by atoms with Crippen LogP contribution in [0.5, 0.6) is 0 Å². The second kappa shape index (κ2) is 8.45. The second-order valence-electron chi connectivity index (χ2n) is 9.56. The normalized spacial score (nSPS) is 23.5. The van der Waals surface area contributed by atoms with Crippen molar-refractivity contribution in [2.75, 3.05) is 31.1 Å². The Labute approximate surface area is 189 Å². The second-order valence-corrected chi connectivity index (χ2v) is 9.56. The fourth-order valence-corrected chi connectivity index (χ4v) is 6.14. The zero-order valence-corrected chi connectivity index (χ0v) is 18.7. The van der Waals surface area contributed by atoms with Gasteiger partial charge in [0.15, 0.2) is 0 Å². The molecule has 168 valence electrons. The lowest BCUT2D eigenvalue weighted by molar-refractivity contribution is 0.229. The summed E-state index contributed by atoms with van der Waals surface area (Å²) >= 11 is 0. The number of piperazine rings is 1. The Hall–Kier alpha value is -2.51. The largest absolute Gasteiger partial charge is 0.390 e. The van der Waals surface area contributed by atoms with E-state index in [0.717, 1.165) is 61.9 Å². The SMILES string of the molecule is OCc1c(CC[C@H]2CCCc3cccnc32)nc2ccnc(N3CCN4CCC[C@H]4C3)n12. The van der Waals surface area contributed by atoms with Crippen LogP contribution in [0.2, 0.25) is 0 Å². The molecule has 0 spiro atoms. The highest BCUT2D eigenvalue weighted by Crippen LogP contribution is 2.34. The highest BCUT2D eigenvalue weighted by Gasteiger charge is 2.32. The summed E-state index contributed by atoms with van der Waals surface area (Å²) < 4.78 is 2.10. The van der Waals surface area contributed by atoms with Crippen molar-refractivity contribution in [1.29, 1.82) is 0 Å². The summed E-state index contributed by atoms with van der Waals surface area (Å²) in [5.74, 6) is 1.41. The first-order chi connectivity index (χ1) is 15.8. The van der Waals surface area contributed by atoms with Crippen molar-refractivity contribution in [3.05, 3.63) is 53.2 Å². The summed E-state index contributed by atoms with van der Waals surface area (Å²) in [6.45, 7) is 4.29. The molecular weight excluding hydrogens is 400 g/mol. The summed E-state index contributed by atoms with van der Waals surface area (Å²) in [5.41, 5.74) is 5.46. The van der Waals surface area contributed by atoms with E-state index in [4.69, 9.17) is 15.0 Å². The average molecular weight is 433 g/mol. The molecule has 1 aliphatic carbocycles. The smallest absolute Gasteiger partial charge is 0.211 e. The predicted molar refractivity (Wildman–Crippen MR) is 124 cm³/mol. The maximum atomic E-state index is 10.3.